The minimum atomic E-state index is -0.697. The van der Waals surface area contributed by atoms with Crippen LogP contribution in [0.4, 0.5) is 0 Å². The number of benzene rings is 3. The summed E-state index contributed by atoms with van der Waals surface area (Å²) < 4.78 is 18.6. The van der Waals surface area contributed by atoms with E-state index in [0.29, 0.717) is 42.1 Å². The fourth-order valence-electron chi connectivity index (χ4n) is 4.54. The molecule has 0 aliphatic carbocycles. The van der Waals surface area contributed by atoms with Gasteiger partial charge in [-0.15, -0.1) is 0 Å². The Morgan fingerprint density at radius 2 is 1.85 bits per heavy atom. The van der Waals surface area contributed by atoms with Gasteiger partial charge >= 0.3 is 5.97 Å². The molecule has 0 bridgehead atoms. The van der Waals surface area contributed by atoms with Crippen molar-refractivity contribution in [2.75, 3.05) is 13.7 Å². The second-order valence-corrected chi connectivity index (χ2v) is 11.0. The standard InChI is InChI=1S/C31H26Cl2N2O5S/c1-4-39-30(37)27-18(2)34-31-35(28(27)20-9-12-23(38-3)13-10-20)29(36)26(41-31)15-19-6-5-7-24(14-19)40-17-21-8-11-22(32)16-25(21)33/h5-16,28H,4,17H2,1-3H3/b26-15-/t28-/m0/s1. The molecule has 1 atom stereocenters. The van der Waals surface area contributed by atoms with Gasteiger partial charge < -0.3 is 14.2 Å². The van der Waals surface area contributed by atoms with Crippen molar-refractivity contribution in [3.63, 3.8) is 0 Å². The van der Waals surface area contributed by atoms with Crippen molar-refractivity contribution in [1.82, 2.24) is 4.57 Å². The second kappa shape index (κ2) is 12.3. The Kier molecular flexibility index (Phi) is 8.63. The van der Waals surface area contributed by atoms with Gasteiger partial charge in [0.15, 0.2) is 4.80 Å². The summed E-state index contributed by atoms with van der Waals surface area (Å²) in [6, 6.07) is 19.2. The summed E-state index contributed by atoms with van der Waals surface area (Å²) >= 11 is 13.5. The molecule has 0 unspecified atom stereocenters. The molecule has 7 nitrogen and oxygen atoms in total. The molecule has 0 fully saturated rings. The first kappa shape index (κ1) is 28.7. The maximum absolute atomic E-state index is 13.8. The molecule has 0 spiro atoms. The van der Waals surface area contributed by atoms with Gasteiger partial charge in [0, 0.05) is 15.6 Å². The van der Waals surface area contributed by atoms with E-state index in [0.717, 1.165) is 16.7 Å². The summed E-state index contributed by atoms with van der Waals surface area (Å²) in [5.74, 6) is 0.781. The average molecular weight is 610 g/mol. The van der Waals surface area contributed by atoms with Gasteiger partial charge in [0.05, 0.1) is 35.6 Å². The van der Waals surface area contributed by atoms with Crippen LogP contribution in [-0.4, -0.2) is 24.3 Å². The maximum atomic E-state index is 13.8. The van der Waals surface area contributed by atoms with Crippen LogP contribution >= 0.6 is 34.5 Å². The molecule has 0 N–H and O–H groups in total. The highest BCUT2D eigenvalue weighted by Crippen LogP contribution is 2.31. The van der Waals surface area contributed by atoms with Gasteiger partial charge in [-0.3, -0.25) is 9.36 Å². The number of esters is 1. The molecule has 10 heteroatoms. The predicted molar refractivity (Wildman–Crippen MR) is 161 cm³/mol. The van der Waals surface area contributed by atoms with Gasteiger partial charge in [-0.1, -0.05) is 64.9 Å². The lowest BCUT2D eigenvalue weighted by Gasteiger charge is -2.24. The highest BCUT2D eigenvalue weighted by atomic mass is 35.5. The molecule has 210 valence electrons. The average Bonchev–Trinajstić information content (AvgIpc) is 3.26. The highest BCUT2D eigenvalue weighted by molar-refractivity contribution is 7.07. The van der Waals surface area contributed by atoms with E-state index in [2.05, 4.69) is 4.99 Å². The normalized spacial score (nSPS) is 14.9. The number of allylic oxidation sites excluding steroid dienone is 1. The number of methoxy groups -OCH3 is 1. The van der Waals surface area contributed by atoms with E-state index >= 15 is 0 Å². The number of rotatable bonds is 8. The van der Waals surface area contributed by atoms with Gasteiger partial charge in [-0.05, 0) is 67.4 Å². The first-order valence-corrected chi connectivity index (χ1v) is 14.4. The van der Waals surface area contributed by atoms with Crippen molar-refractivity contribution >= 4 is 46.6 Å². The van der Waals surface area contributed by atoms with Crippen LogP contribution in [0.3, 0.4) is 0 Å². The summed E-state index contributed by atoms with van der Waals surface area (Å²) in [4.78, 5) is 32.0. The van der Waals surface area contributed by atoms with Crippen LogP contribution in [0.2, 0.25) is 10.0 Å². The van der Waals surface area contributed by atoms with Crippen molar-refractivity contribution < 1.29 is 19.0 Å². The second-order valence-electron chi connectivity index (χ2n) is 9.17. The molecule has 5 rings (SSSR count). The van der Waals surface area contributed by atoms with E-state index < -0.39 is 12.0 Å². The van der Waals surface area contributed by atoms with Crippen molar-refractivity contribution in [2.45, 2.75) is 26.5 Å². The Hall–Kier alpha value is -3.85. The number of carbonyl (C=O) groups excluding carboxylic acids is 1. The molecule has 2 heterocycles. The SMILES string of the molecule is CCOC(=O)C1=C(C)N=c2s/c(=C\c3cccc(OCc4ccc(Cl)cc4Cl)c3)c(=O)n2[C@H]1c1ccc(OC)cc1. The molecule has 0 saturated carbocycles. The Bertz CT molecular complexity index is 1830. The summed E-state index contributed by atoms with van der Waals surface area (Å²) in [5, 5.41) is 1.08. The van der Waals surface area contributed by atoms with Crippen LogP contribution in [0, 0.1) is 0 Å². The highest BCUT2D eigenvalue weighted by Gasteiger charge is 2.33. The molecular weight excluding hydrogens is 583 g/mol. The lowest BCUT2D eigenvalue weighted by molar-refractivity contribution is -0.139. The summed E-state index contributed by atoms with van der Waals surface area (Å²) in [7, 11) is 1.58. The number of hydrogen-bond donors (Lipinski definition) is 0. The minimum Gasteiger partial charge on any atom is -0.497 e. The van der Waals surface area contributed by atoms with Crippen LogP contribution in [0.1, 0.15) is 36.6 Å². The number of ether oxygens (including phenoxy) is 3. The van der Waals surface area contributed by atoms with E-state index in [9.17, 15) is 9.59 Å². The van der Waals surface area contributed by atoms with Crippen LogP contribution in [-0.2, 0) is 16.1 Å². The van der Waals surface area contributed by atoms with E-state index in [1.807, 2.05) is 42.5 Å². The Morgan fingerprint density at radius 1 is 1.07 bits per heavy atom. The lowest BCUT2D eigenvalue weighted by Crippen LogP contribution is -2.39. The smallest absolute Gasteiger partial charge is 0.338 e. The van der Waals surface area contributed by atoms with Gasteiger partial charge in [0.25, 0.3) is 5.56 Å². The molecule has 0 amide bonds. The maximum Gasteiger partial charge on any atom is 0.338 e. The van der Waals surface area contributed by atoms with Crippen LogP contribution < -0.4 is 24.4 Å². The predicted octanol–water partition coefficient (Wildman–Crippen LogP) is 5.69. The van der Waals surface area contributed by atoms with Gasteiger partial charge in [0.2, 0.25) is 0 Å². The van der Waals surface area contributed by atoms with Crippen LogP contribution in [0.5, 0.6) is 11.5 Å². The van der Waals surface area contributed by atoms with Gasteiger partial charge in [-0.2, -0.15) is 0 Å². The van der Waals surface area contributed by atoms with E-state index in [1.165, 1.54) is 11.3 Å². The Labute approximate surface area is 250 Å². The van der Waals surface area contributed by atoms with Crippen LogP contribution in [0.15, 0.2) is 87.8 Å². The molecule has 0 radical (unpaired) electrons. The van der Waals surface area contributed by atoms with Crippen molar-refractivity contribution in [3.8, 4) is 11.5 Å². The quantitative estimate of drug-likeness (QED) is 0.240. The number of fused-ring (bicyclic) bond motifs is 1. The number of nitrogens with zero attached hydrogens (tertiary/aromatic N) is 2. The summed E-state index contributed by atoms with van der Waals surface area (Å²) in [6.45, 7) is 3.97. The topological polar surface area (TPSA) is 79.1 Å². The Morgan fingerprint density at radius 3 is 2.56 bits per heavy atom. The molecule has 1 aliphatic rings. The number of aromatic nitrogens is 1. The first-order chi connectivity index (χ1) is 19.8. The van der Waals surface area contributed by atoms with Crippen molar-refractivity contribution in [2.24, 2.45) is 4.99 Å². The third kappa shape index (κ3) is 6.10. The monoisotopic (exact) mass is 608 g/mol. The fourth-order valence-corrected chi connectivity index (χ4v) is 6.05. The number of thiazole rings is 1. The molecular formula is C31H26Cl2N2O5S. The first-order valence-electron chi connectivity index (χ1n) is 12.8. The lowest BCUT2D eigenvalue weighted by atomic mass is 9.96. The van der Waals surface area contributed by atoms with Crippen molar-refractivity contribution in [3.05, 3.63) is 124 Å². The zero-order valence-corrected chi connectivity index (χ0v) is 24.8. The Balaban J connectivity index is 1.53. The third-order valence-corrected chi connectivity index (χ3v) is 8.08. The molecule has 3 aromatic carbocycles. The van der Waals surface area contributed by atoms with Gasteiger partial charge in [-0.25, -0.2) is 9.79 Å². The molecule has 1 aliphatic heterocycles. The van der Waals surface area contributed by atoms with Crippen molar-refractivity contribution in [1.29, 1.82) is 0 Å². The molecule has 1 aromatic heterocycles. The summed E-state index contributed by atoms with van der Waals surface area (Å²) in [6.07, 6.45) is 1.79. The molecule has 0 saturated heterocycles. The third-order valence-electron chi connectivity index (χ3n) is 6.51. The van der Waals surface area contributed by atoms with E-state index in [1.54, 1.807) is 55.9 Å². The molecule has 41 heavy (non-hydrogen) atoms. The number of halogens is 2. The zero-order chi connectivity index (χ0) is 29.1. The molecule has 4 aromatic rings. The van der Waals surface area contributed by atoms with Gasteiger partial charge in [0.1, 0.15) is 18.1 Å². The largest absolute Gasteiger partial charge is 0.497 e. The fraction of sp³-hybridized carbons (Fsp3) is 0.194. The number of hydrogen-bond acceptors (Lipinski definition) is 7. The number of carbonyl (C=O) groups is 1. The van der Waals surface area contributed by atoms with E-state index in [-0.39, 0.29) is 18.8 Å². The van der Waals surface area contributed by atoms with E-state index in [4.69, 9.17) is 37.4 Å². The minimum absolute atomic E-state index is 0.206. The zero-order valence-electron chi connectivity index (χ0n) is 22.5. The summed E-state index contributed by atoms with van der Waals surface area (Å²) in [5.41, 5.74) is 2.90. The van der Waals surface area contributed by atoms with Crippen LogP contribution in [0.25, 0.3) is 6.08 Å².